The number of fused-ring (bicyclic) bond motifs is 1. The highest BCUT2D eigenvalue weighted by Gasteiger charge is 2.74. The van der Waals surface area contributed by atoms with Crippen LogP contribution < -0.4 is 0 Å². The number of methoxy groups -OCH3 is 2. The second-order valence-electron chi connectivity index (χ2n) is 6.58. The van der Waals surface area contributed by atoms with E-state index >= 15 is 0 Å². The maximum atomic E-state index is 12.8. The van der Waals surface area contributed by atoms with E-state index in [-0.39, 0.29) is 0 Å². The van der Waals surface area contributed by atoms with Crippen LogP contribution in [0.1, 0.15) is 25.7 Å². The SMILES string of the molecule is COC(=O)[C@@H]1[C@@H]2C=C[C@]3(O2)C2=C(C=C[C@@]13C(=O)OC)CCCC2. The second kappa shape index (κ2) is 4.81. The number of ether oxygens (including phenoxy) is 3. The van der Waals surface area contributed by atoms with Crippen LogP contribution in [0.4, 0.5) is 0 Å². The van der Waals surface area contributed by atoms with Crippen LogP contribution in [-0.2, 0) is 23.8 Å². The van der Waals surface area contributed by atoms with Crippen molar-refractivity contribution in [3.05, 3.63) is 35.5 Å². The molecule has 1 saturated heterocycles. The molecule has 2 aliphatic carbocycles. The first-order chi connectivity index (χ1) is 11.1. The molecular formula is C18H20O5. The highest BCUT2D eigenvalue weighted by atomic mass is 16.6. The molecule has 2 bridgehead atoms. The summed E-state index contributed by atoms with van der Waals surface area (Å²) in [6.07, 6.45) is 11.3. The molecule has 0 amide bonds. The summed E-state index contributed by atoms with van der Waals surface area (Å²) in [5, 5.41) is 0. The molecule has 4 rings (SSSR count). The van der Waals surface area contributed by atoms with Crippen molar-refractivity contribution in [3.63, 3.8) is 0 Å². The Balaban J connectivity index is 1.95. The minimum atomic E-state index is -1.16. The Morgan fingerprint density at radius 2 is 1.96 bits per heavy atom. The van der Waals surface area contributed by atoms with Gasteiger partial charge in [-0.25, -0.2) is 0 Å². The average molecular weight is 316 g/mol. The van der Waals surface area contributed by atoms with Crippen LogP contribution in [0.25, 0.3) is 0 Å². The summed E-state index contributed by atoms with van der Waals surface area (Å²) >= 11 is 0. The minimum absolute atomic E-state index is 0.434. The van der Waals surface area contributed by atoms with Crippen LogP contribution in [0.3, 0.4) is 0 Å². The Morgan fingerprint density at radius 3 is 2.70 bits per heavy atom. The first-order valence-corrected chi connectivity index (χ1v) is 8.06. The smallest absolute Gasteiger partial charge is 0.320 e. The largest absolute Gasteiger partial charge is 0.469 e. The Hall–Kier alpha value is -1.88. The van der Waals surface area contributed by atoms with Crippen molar-refractivity contribution in [2.45, 2.75) is 37.4 Å². The fourth-order valence-electron chi connectivity index (χ4n) is 4.81. The third-order valence-electron chi connectivity index (χ3n) is 5.76. The molecule has 1 spiro atoms. The van der Waals surface area contributed by atoms with Gasteiger partial charge in [0, 0.05) is 0 Å². The van der Waals surface area contributed by atoms with E-state index < -0.39 is 35.0 Å². The predicted molar refractivity (Wildman–Crippen MR) is 81.3 cm³/mol. The van der Waals surface area contributed by atoms with Crippen LogP contribution in [0.15, 0.2) is 35.5 Å². The molecule has 5 nitrogen and oxygen atoms in total. The van der Waals surface area contributed by atoms with Gasteiger partial charge in [0.25, 0.3) is 0 Å². The molecule has 0 aromatic carbocycles. The van der Waals surface area contributed by atoms with E-state index in [9.17, 15) is 9.59 Å². The molecule has 0 unspecified atom stereocenters. The molecule has 1 fully saturated rings. The number of carbonyl (C=O) groups is 2. The number of hydrogen-bond acceptors (Lipinski definition) is 5. The van der Waals surface area contributed by atoms with Crippen molar-refractivity contribution in [2.24, 2.45) is 11.3 Å². The Labute approximate surface area is 135 Å². The Morgan fingerprint density at radius 1 is 1.17 bits per heavy atom. The molecule has 0 aromatic rings. The first kappa shape index (κ1) is 14.7. The first-order valence-electron chi connectivity index (χ1n) is 8.06. The van der Waals surface area contributed by atoms with Gasteiger partial charge in [-0.2, -0.15) is 0 Å². The molecular weight excluding hydrogens is 296 g/mol. The van der Waals surface area contributed by atoms with Crippen molar-refractivity contribution in [2.75, 3.05) is 14.2 Å². The molecule has 4 aliphatic rings. The highest BCUT2D eigenvalue weighted by Crippen LogP contribution is 2.64. The summed E-state index contributed by atoms with van der Waals surface area (Å²) in [5.74, 6) is -1.58. The minimum Gasteiger partial charge on any atom is -0.469 e. The highest BCUT2D eigenvalue weighted by molar-refractivity contribution is 5.93. The summed E-state index contributed by atoms with van der Waals surface area (Å²) in [5.41, 5.74) is 0.298. The fourth-order valence-corrected chi connectivity index (χ4v) is 4.81. The van der Waals surface area contributed by atoms with Crippen LogP contribution in [-0.4, -0.2) is 37.9 Å². The molecule has 2 heterocycles. The van der Waals surface area contributed by atoms with Crippen LogP contribution in [0.5, 0.6) is 0 Å². The van der Waals surface area contributed by atoms with E-state index in [0.717, 1.165) is 31.3 Å². The van der Waals surface area contributed by atoms with Crippen LogP contribution in [0.2, 0.25) is 0 Å². The van der Waals surface area contributed by atoms with Crippen LogP contribution >= 0.6 is 0 Å². The lowest BCUT2D eigenvalue weighted by Crippen LogP contribution is -2.57. The van der Waals surface area contributed by atoms with Gasteiger partial charge in [-0.3, -0.25) is 9.59 Å². The molecule has 5 heteroatoms. The standard InChI is InChI=1S/C18H20O5/c1-21-15(19)14-13-8-10-18(23-13)12-6-4-3-5-11(12)7-9-17(14,18)16(20)22-2/h7-10,13-14H,3-6H2,1-2H3/t13-,14-,17-,18-/m0/s1. The van der Waals surface area contributed by atoms with E-state index in [1.165, 1.54) is 19.8 Å². The zero-order valence-electron chi connectivity index (χ0n) is 13.3. The monoisotopic (exact) mass is 316 g/mol. The lowest BCUT2D eigenvalue weighted by Gasteiger charge is -2.46. The van der Waals surface area contributed by atoms with E-state index in [4.69, 9.17) is 14.2 Å². The maximum absolute atomic E-state index is 12.8. The van der Waals surface area contributed by atoms with Gasteiger partial charge in [0.2, 0.25) is 0 Å². The number of rotatable bonds is 2. The summed E-state index contributed by atoms with van der Waals surface area (Å²) < 4.78 is 16.4. The van der Waals surface area contributed by atoms with Gasteiger partial charge in [0.05, 0.1) is 20.3 Å². The van der Waals surface area contributed by atoms with E-state index in [0.29, 0.717) is 0 Å². The number of hydrogen-bond donors (Lipinski definition) is 0. The Kier molecular flexibility index (Phi) is 3.07. The van der Waals surface area contributed by atoms with Gasteiger partial charge < -0.3 is 14.2 Å². The van der Waals surface area contributed by atoms with Crippen molar-refractivity contribution in [1.29, 1.82) is 0 Å². The molecule has 0 radical (unpaired) electrons. The summed E-state index contributed by atoms with van der Waals surface area (Å²) in [4.78, 5) is 25.3. The van der Waals surface area contributed by atoms with Crippen molar-refractivity contribution in [1.82, 2.24) is 0 Å². The van der Waals surface area contributed by atoms with E-state index in [1.54, 1.807) is 0 Å². The Bertz CT molecular complexity index is 673. The van der Waals surface area contributed by atoms with E-state index in [2.05, 4.69) is 0 Å². The average Bonchev–Trinajstić information content (AvgIpc) is 3.15. The van der Waals surface area contributed by atoms with Gasteiger partial charge in [-0.05, 0) is 42.9 Å². The lowest BCUT2D eigenvalue weighted by molar-refractivity contribution is -0.164. The van der Waals surface area contributed by atoms with Crippen molar-refractivity contribution >= 4 is 11.9 Å². The molecule has 23 heavy (non-hydrogen) atoms. The quantitative estimate of drug-likeness (QED) is 0.576. The normalized spacial score (nSPS) is 39.9. The molecule has 0 N–H and O–H groups in total. The van der Waals surface area contributed by atoms with E-state index in [1.807, 2.05) is 24.3 Å². The zero-order valence-corrected chi connectivity index (χ0v) is 13.3. The van der Waals surface area contributed by atoms with Crippen molar-refractivity contribution in [3.8, 4) is 0 Å². The number of allylic oxidation sites excluding steroid dienone is 2. The molecule has 0 saturated carbocycles. The lowest BCUT2D eigenvalue weighted by atomic mass is 9.55. The summed E-state index contributed by atoms with van der Waals surface area (Å²) in [6.45, 7) is 0. The van der Waals surface area contributed by atoms with Crippen molar-refractivity contribution < 1.29 is 23.8 Å². The van der Waals surface area contributed by atoms with Gasteiger partial charge in [0.15, 0.2) is 0 Å². The zero-order chi connectivity index (χ0) is 16.2. The predicted octanol–water partition coefficient (Wildman–Crippen LogP) is 2.08. The third kappa shape index (κ3) is 1.56. The molecule has 122 valence electrons. The van der Waals surface area contributed by atoms with Gasteiger partial charge in [-0.1, -0.05) is 18.2 Å². The third-order valence-corrected chi connectivity index (χ3v) is 5.76. The van der Waals surface area contributed by atoms with Gasteiger partial charge in [-0.15, -0.1) is 0 Å². The topological polar surface area (TPSA) is 61.8 Å². The summed E-state index contributed by atoms with van der Waals surface area (Å²) in [6, 6.07) is 0. The summed E-state index contributed by atoms with van der Waals surface area (Å²) in [7, 11) is 2.70. The maximum Gasteiger partial charge on any atom is 0.320 e. The molecule has 4 atom stereocenters. The second-order valence-corrected chi connectivity index (χ2v) is 6.58. The fraction of sp³-hybridized carbons (Fsp3) is 0.556. The number of carbonyl (C=O) groups excluding carboxylic acids is 2. The number of esters is 2. The molecule has 2 aliphatic heterocycles. The van der Waals surface area contributed by atoms with Gasteiger partial charge >= 0.3 is 11.9 Å². The van der Waals surface area contributed by atoms with Gasteiger partial charge in [0.1, 0.15) is 16.9 Å². The molecule has 0 aromatic heterocycles. The van der Waals surface area contributed by atoms with Crippen LogP contribution in [0, 0.1) is 11.3 Å².